The molecule has 2 fully saturated rings. The first-order valence-electron chi connectivity index (χ1n) is 9.67. The highest BCUT2D eigenvalue weighted by molar-refractivity contribution is 5.39. The van der Waals surface area contributed by atoms with Crippen LogP contribution in [0, 0.1) is 5.92 Å². The van der Waals surface area contributed by atoms with Crippen molar-refractivity contribution in [1.82, 2.24) is 4.90 Å². The van der Waals surface area contributed by atoms with E-state index in [4.69, 9.17) is 0 Å². The molecule has 2 bridgehead atoms. The number of hydrogen-bond donors (Lipinski definition) is 1. The van der Waals surface area contributed by atoms with Gasteiger partial charge in [-0.3, -0.25) is 0 Å². The molecule has 25 heavy (non-hydrogen) atoms. The summed E-state index contributed by atoms with van der Waals surface area (Å²) in [6.45, 7) is 0.169. The summed E-state index contributed by atoms with van der Waals surface area (Å²) in [4.78, 5) is 2.60. The molecule has 0 spiro atoms. The number of aliphatic hydroxyl groups excluding tert-OH is 1. The van der Waals surface area contributed by atoms with Gasteiger partial charge in [0.15, 0.2) is 0 Å². The number of benzene rings is 2. The van der Waals surface area contributed by atoms with Crippen LogP contribution in [0.25, 0.3) is 0 Å². The maximum absolute atomic E-state index is 10.6. The third-order valence-electron chi connectivity index (χ3n) is 6.76. The van der Waals surface area contributed by atoms with Crippen LogP contribution >= 0.6 is 0 Å². The highest BCUT2D eigenvalue weighted by atomic mass is 16.3. The molecule has 2 heterocycles. The van der Waals surface area contributed by atoms with Gasteiger partial charge in [-0.1, -0.05) is 60.7 Å². The Kier molecular flexibility index (Phi) is 4.66. The van der Waals surface area contributed by atoms with Crippen LogP contribution < -0.4 is 0 Å². The van der Waals surface area contributed by atoms with Crippen molar-refractivity contribution >= 4 is 0 Å². The second-order valence-electron chi connectivity index (χ2n) is 8.06. The van der Waals surface area contributed by atoms with Crippen LogP contribution in [0.5, 0.6) is 0 Å². The number of fused-ring (bicyclic) bond motifs is 2. The molecule has 1 N–H and O–H groups in total. The smallest absolute Gasteiger partial charge is 0.0568 e. The lowest BCUT2D eigenvalue weighted by Gasteiger charge is -2.42. The van der Waals surface area contributed by atoms with Crippen LogP contribution in [0.3, 0.4) is 0 Å². The Bertz CT molecular complexity index is 630. The van der Waals surface area contributed by atoms with Crippen molar-refractivity contribution in [3.05, 3.63) is 71.8 Å². The van der Waals surface area contributed by atoms with Gasteiger partial charge in [0, 0.05) is 17.5 Å². The Morgan fingerprint density at radius 2 is 1.36 bits per heavy atom. The molecular weight excluding hydrogens is 306 g/mol. The fourth-order valence-corrected chi connectivity index (χ4v) is 5.35. The van der Waals surface area contributed by atoms with Gasteiger partial charge in [-0.25, -0.2) is 0 Å². The quantitative estimate of drug-likeness (QED) is 0.884. The summed E-state index contributed by atoms with van der Waals surface area (Å²) in [6, 6.07) is 22.8. The fraction of sp³-hybridized carbons (Fsp3) is 0.478. The molecule has 2 nitrogen and oxygen atoms in total. The third kappa shape index (κ3) is 3.02. The molecule has 0 aromatic heterocycles. The number of piperidine rings is 1. The largest absolute Gasteiger partial charge is 0.395 e. The predicted octanol–water partition coefficient (Wildman–Crippen LogP) is 4.23. The van der Waals surface area contributed by atoms with Gasteiger partial charge in [0.2, 0.25) is 0 Å². The van der Waals surface area contributed by atoms with Crippen molar-refractivity contribution < 1.29 is 5.11 Å². The molecule has 3 atom stereocenters. The minimum Gasteiger partial charge on any atom is -0.395 e. The molecule has 0 aliphatic carbocycles. The minimum atomic E-state index is -0.289. The van der Waals surface area contributed by atoms with Crippen LogP contribution in [0.15, 0.2) is 60.7 Å². The van der Waals surface area contributed by atoms with E-state index in [0.717, 1.165) is 18.5 Å². The van der Waals surface area contributed by atoms with Crippen molar-refractivity contribution in [2.24, 2.45) is 5.92 Å². The number of rotatable bonds is 5. The molecule has 1 unspecified atom stereocenters. The van der Waals surface area contributed by atoms with E-state index in [1.165, 1.54) is 36.8 Å². The molecular formula is C23H29NO. The summed E-state index contributed by atoms with van der Waals surface area (Å²) >= 11 is 0. The minimum absolute atomic E-state index is 0.169. The van der Waals surface area contributed by atoms with E-state index in [1.54, 1.807) is 0 Å². The van der Waals surface area contributed by atoms with E-state index in [-0.39, 0.29) is 12.0 Å². The number of hydrogen-bond acceptors (Lipinski definition) is 2. The van der Waals surface area contributed by atoms with Crippen molar-refractivity contribution in [3.63, 3.8) is 0 Å². The molecule has 2 aromatic rings. The maximum atomic E-state index is 10.6. The number of aliphatic hydroxyl groups is 1. The summed E-state index contributed by atoms with van der Waals surface area (Å²) in [6.07, 6.45) is 6.28. The summed E-state index contributed by atoms with van der Waals surface area (Å²) in [5.74, 6) is 0.682. The van der Waals surface area contributed by atoms with E-state index < -0.39 is 0 Å². The Labute approximate surface area is 151 Å². The van der Waals surface area contributed by atoms with Crippen LogP contribution in [-0.2, 0) is 5.41 Å². The van der Waals surface area contributed by atoms with Gasteiger partial charge in [0.25, 0.3) is 0 Å². The van der Waals surface area contributed by atoms with Crippen molar-refractivity contribution in [2.75, 3.05) is 13.7 Å². The van der Waals surface area contributed by atoms with Crippen molar-refractivity contribution in [2.45, 2.75) is 49.6 Å². The first kappa shape index (κ1) is 16.8. The Hall–Kier alpha value is -1.64. The molecule has 2 aliphatic rings. The molecule has 4 rings (SSSR count). The van der Waals surface area contributed by atoms with Gasteiger partial charge in [0.05, 0.1) is 6.61 Å². The molecule has 0 radical (unpaired) electrons. The molecule has 2 aliphatic heterocycles. The molecule has 132 valence electrons. The highest BCUT2D eigenvalue weighted by Crippen LogP contribution is 2.45. The van der Waals surface area contributed by atoms with Crippen LogP contribution in [0.2, 0.25) is 0 Å². The zero-order valence-electron chi connectivity index (χ0n) is 15.1. The second kappa shape index (κ2) is 6.93. The molecule has 0 saturated carbocycles. The standard InChI is InChI=1S/C23H29NO/c1-24-21-12-13-22(24)15-18(14-21)16-23(17-25,19-8-4-2-5-9-19)20-10-6-3-7-11-20/h2-11,18,21-22,25H,12-17H2,1H3/t18?,21-,22+. The van der Waals surface area contributed by atoms with Crippen LogP contribution in [0.1, 0.15) is 43.2 Å². The van der Waals surface area contributed by atoms with Gasteiger partial charge in [-0.05, 0) is 56.2 Å². The van der Waals surface area contributed by atoms with Gasteiger partial charge in [-0.2, -0.15) is 0 Å². The fourth-order valence-electron chi connectivity index (χ4n) is 5.35. The summed E-state index contributed by atoms with van der Waals surface area (Å²) in [7, 11) is 2.30. The van der Waals surface area contributed by atoms with Crippen LogP contribution in [0.4, 0.5) is 0 Å². The number of nitrogens with zero attached hydrogens (tertiary/aromatic N) is 1. The van der Waals surface area contributed by atoms with E-state index in [1.807, 2.05) is 0 Å². The molecule has 0 amide bonds. The first-order chi connectivity index (χ1) is 12.2. The molecule has 2 heteroatoms. The monoisotopic (exact) mass is 335 g/mol. The highest BCUT2D eigenvalue weighted by Gasteiger charge is 2.43. The maximum Gasteiger partial charge on any atom is 0.0568 e. The average molecular weight is 335 g/mol. The predicted molar refractivity (Wildman–Crippen MR) is 103 cm³/mol. The van der Waals surface area contributed by atoms with E-state index in [2.05, 4.69) is 72.6 Å². The normalized spacial score (nSPS) is 26.7. The Balaban J connectivity index is 1.69. The van der Waals surface area contributed by atoms with E-state index in [0.29, 0.717) is 5.92 Å². The van der Waals surface area contributed by atoms with Crippen LogP contribution in [-0.4, -0.2) is 35.7 Å². The van der Waals surface area contributed by atoms with Crippen molar-refractivity contribution in [3.8, 4) is 0 Å². The van der Waals surface area contributed by atoms with Gasteiger partial charge >= 0.3 is 0 Å². The van der Waals surface area contributed by atoms with Gasteiger partial charge in [0.1, 0.15) is 0 Å². The van der Waals surface area contributed by atoms with E-state index in [9.17, 15) is 5.11 Å². The second-order valence-corrected chi connectivity index (χ2v) is 8.06. The lowest BCUT2D eigenvalue weighted by molar-refractivity contribution is 0.105. The summed E-state index contributed by atoms with van der Waals surface area (Å²) < 4.78 is 0. The Morgan fingerprint density at radius 1 is 0.880 bits per heavy atom. The average Bonchev–Trinajstić information content (AvgIpc) is 2.88. The van der Waals surface area contributed by atoms with Gasteiger partial charge < -0.3 is 10.0 Å². The molecule has 2 saturated heterocycles. The van der Waals surface area contributed by atoms with E-state index >= 15 is 0 Å². The first-order valence-corrected chi connectivity index (χ1v) is 9.67. The van der Waals surface area contributed by atoms with Gasteiger partial charge in [-0.15, -0.1) is 0 Å². The van der Waals surface area contributed by atoms with Crippen molar-refractivity contribution in [1.29, 1.82) is 0 Å². The summed E-state index contributed by atoms with van der Waals surface area (Å²) in [5.41, 5.74) is 2.20. The zero-order chi connectivity index (χ0) is 17.3. The lowest BCUT2D eigenvalue weighted by atomic mass is 9.67. The molecule has 2 aromatic carbocycles. The lowest BCUT2D eigenvalue weighted by Crippen LogP contribution is -2.43. The third-order valence-corrected chi connectivity index (χ3v) is 6.76. The Morgan fingerprint density at radius 3 is 1.80 bits per heavy atom. The zero-order valence-corrected chi connectivity index (χ0v) is 15.1. The summed E-state index contributed by atoms with van der Waals surface area (Å²) in [5, 5.41) is 10.6. The topological polar surface area (TPSA) is 23.5 Å². The SMILES string of the molecule is CN1[C@@H]2CC[C@H]1CC(CC(CO)(c1ccccc1)c1ccccc1)C2.